The van der Waals surface area contributed by atoms with Gasteiger partial charge >= 0.3 is 0 Å². The van der Waals surface area contributed by atoms with E-state index in [2.05, 4.69) is 18.3 Å². The molecule has 4 rings (SSSR count). The van der Waals surface area contributed by atoms with Gasteiger partial charge in [0.15, 0.2) is 0 Å². The molecular formula is C18H26N2O. The number of nitrogens with zero attached hydrogens (tertiary/aromatic N) is 1. The zero-order chi connectivity index (χ0) is 14.6. The van der Waals surface area contributed by atoms with Crippen molar-refractivity contribution in [1.29, 1.82) is 5.26 Å². The van der Waals surface area contributed by atoms with E-state index in [0.29, 0.717) is 23.8 Å². The minimum atomic E-state index is -0.367. The van der Waals surface area contributed by atoms with Gasteiger partial charge in [0.05, 0.1) is 6.07 Å². The highest BCUT2D eigenvalue weighted by Gasteiger charge is 2.62. The fourth-order valence-electron chi connectivity index (χ4n) is 6.67. The highest BCUT2D eigenvalue weighted by atomic mass is 16.2. The van der Waals surface area contributed by atoms with Gasteiger partial charge in [-0.15, -0.1) is 0 Å². The van der Waals surface area contributed by atoms with Crippen LogP contribution < -0.4 is 5.32 Å². The van der Waals surface area contributed by atoms with Crippen LogP contribution >= 0.6 is 0 Å². The fourth-order valence-corrected chi connectivity index (χ4v) is 6.67. The first-order valence-electron chi connectivity index (χ1n) is 8.96. The van der Waals surface area contributed by atoms with Gasteiger partial charge < -0.3 is 5.32 Å². The summed E-state index contributed by atoms with van der Waals surface area (Å²) in [6.07, 6.45) is 9.27. The van der Waals surface area contributed by atoms with Gasteiger partial charge in [0.25, 0.3) is 0 Å². The third-order valence-corrected chi connectivity index (χ3v) is 7.18. The number of fused-ring (bicyclic) bond motifs is 3. The topological polar surface area (TPSA) is 52.9 Å². The fraction of sp³-hybridized carbons (Fsp3) is 0.889. The molecule has 3 heteroatoms. The summed E-state index contributed by atoms with van der Waals surface area (Å²) in [5, 5.41) is 12.7. The van der Waals surface area contributed by atoms with Crippen molar-refractivity contribution < 1.29 is 4.79 Å². The summed E-state index contributed by atoms with van der Waals surface area (Å²) in [7, 11) is 0. The molecule has 3 saturated carbocycles. The summed E-state index contributed by atoms with van der Waals surface area (Å²) in [6.45, 7) is 2.31. The number of carbonyl (C=O) groups excluding carboxylic acids is 1. The molecule has 1 amide bonds. The third-order valence-electron chi connectivity index (χ3n) is 7.18. The van der Waals surface area contributed by atoms with Crippen LogP contribution in [0.1, 0.15) is 51.9 Å². The molecule has 0 aromatic heterocycles. The summed E-state index contributed by atoms with van der Waals surface area (Å²) < 4.78 is 0. The molecule has 4 fully saturated rings. The second-order valence-electron chi connectivity index (χ2n) is 7.84. The Hall–Kier alpha value is -1.04. The molecule has 0 radical (unpaired) electrons. The molecule has 0 spiro atoms. The number of carbonyl (C=O) groups is 1. The van der Waals surface area contributed by atoms with E-state index in [1.54, 1.807) is 0 Å². The van der Waals surface area contributed by atoms with E-state index in [1.807, 2.05) is 0 Å². The Bertz CT molecular complexity index is 482. The van der Waals surface area contributed by atoms with E-state index in [4.69, 9.17) is 0 Å². The monoisotopic (exact) mass is 286 g/mol. The molecule has 0 aromatic rings. The molecule has 114 valence electrons. The number of nitriles is 1. The van der Waals surface area contributed by atoms with E-state index in [0.717, 1.165) is 17.8 Å². The molecule has 0 aromatic carbocycles. The Morgan fingerprint density at radius 3 is 2.71 bits per heavy atom. The number of rotatable bonds is 2. The number of hydrogen-bond donors (Lipinski definition) is 1. The third kappa shape index (κ3) is 1.81. The standard InChI is InChI=1S/C18H26N2O/c1-2-4-10-7-8-12-15-11(10)5-3-6-13(15)17-16(12)14(9-19)18(21)20-17/h10-17H,2-8H2,1H3,(H,20,21). The van der Waals surface area contributed by atoms with Crippen LogP contribution in [0.2, 0.25) is 0 Å². The SMILES string of the molecule is CCCC1CCC2C3C1CCCC3C1NC(=O)C(C#N)C21. The Labute approximate surface area is 127 Å². The second-order valence-corrected chi connectivity index (χ2v) is 7.84. The first kappa shape index (κ1) is 13.6. The van der Waals surface area contributed by atoms with Crippen LogP contribution in [0.15, 0.2) is 0 Å². The summed E-state index contributed by atoms with van der Waals surface area (Å²) in [4.78, 5) is 12.1. The molecule has 1 saturated heterocycles. The average molecular weight is 286 g/mol. The Balaban J connectivity index is 1.66. The van der Waals surface area contributed by atoms with Gasteiger partial charge in [0, 0.05) is 12.0 Å². The quantitative estimate of drug-likeness (QED) is 0.848. The minimum Gasteiger partial charge on any atom is -0.352 e. The average Bonchev–Trinajstić information content (AvgIpc) is 2.98. The highest BCUT2D eigenvalue weighted by molar-refractivity contribution is 5.84. The molecule has 0 bridgehead atoms. The molecule has 1 N–H and O–H groups in total. The molecule has 1 heterocycles. The summed E-state index contributed by atoms with van der Waals surface area (Å²) in [5.41, 5.74) is 0. The Kier molecular flexibility index (Phi) is 3.24. The van der Waals surface area contributed by atoms with Gasteiger partial charge in [-0.25, -0.2) is 0 Å². The highest BCUT2D eigenvalue weighted by Crippen LogP contribution is 2.61. The van der Waals surface area contributed by atoms with Crippen molar-refractivity contribution >= 4 is 5.91 Å². The van der Waals surface area contributed by atoms with Crippen LogP contribution in [-0.2, 0) is 4.79 Å². The van der Waals surface area contributed by atoms with Crippen LogP contribution in [0.25, 0.3) is 0 Å². The maximum atomic E-state index is 12.1. The summed E-state index contributed by atoms with van der Waals surface area (Å²) >= 11 is 0. The molecule has 8 unspecified atom stereocenters. The smallest absolute Gasteiger partial charge is 0.237 e. The predicted octanol–water partition coefficient (Wildman–Crippen LogP) is 3.11. The van der Waals surface area contributed by atoms with Crippen molar-refractivity contribution in [3.05, 3.63) is 0 Å². The lowest BCUT2D eigenvalue weighted by atomic mass is 9.58. The number of hydrogen-bond acceptors (Lipinski definition) is 2. The molecule has 21 heavy (non-hydrogen) atoms. The van der Waals surface area contributed by atoms with Crippen LogP contribution in [-0.4, -0.2) is 11.9 Å². The van der Waals surface area contributed by atoms with Crippen molar-refractivity contribution in [2.24, 2.45) is 41.4 Å². The predicted molar refractivity (Wildman–Crippen MR) is 80.0 cm³/mol. The zero-order valence-electron chi connectivity index (χ0n) is 12.9. The van der Waals surface area contributed by atoms with E-state index in [1.165, 1.54) is 44.9 Å². The van der Waals surface area contributed by atoms with E-state index >= 15 is 0 Å². The lowest BCUT2D eigenvalue weighted by Gasteiger charge is -2.47. The van der Waals surface area contributed by atoms with E-state index in [9.17, 15) is 10.1 Å². The van der Waals surface area contributed by atoms with Gasteiger partial charge in [-0.3, -0.25) is 4.79 Å². The molecule has 3 aliphatic carbocycles. The molecule has 4 aliphatic rings. The first-order valence-corrected chi connectivity index (χ1v) is 8.96. The van der Waals surface area contributed by atoms with Crippen molar-refractivity contribution in [1.82, 2.24) is 5.32 Å². The lowest BCUT2D eigenvalue weighted by Crippen LogP contribution is -2.42. The van der Waals surface area contributed by atoms with Crippen molar-refractivity contribution in [2.45, 2.75) is 57.9 Å². The summed E-state index contributed by atoms with van der Waals surface area (Å²) in [6, 6.07) is 2.64. The Morgan fingerprint density at radius 2 is 1.95 bits per heavy atom. The van der Waals surface area contributed by atoms with Crippen LogP contribution in [0.5, 0.6) is 0 Å². The van der Waals surface area contributed by atoms with Gasteiger partial charge in [0.1, 0.15) is 5.92 Å². The maximum absolute atomic E-state index is 12.1. The minimum absolute atomic E-state index is 0.0174. The Morgan fingerprint density at radius 1 is 1.14 bits per heavy atom. The normalized spacial score (nSPS) is 51.0. The van der Waals surface area contributed by atoms with E-state index < -0.39 is 0 Å². The molecule has 8 atom stereocenters. The zero-order valence-corrected chi connectivity index (χ0v) is 12.9. The van der Waals surface area contributed by atoms with Crippen molar-refractivity contribution in [2.75, 3.05) is 0 Å². The van der Waals surface area contributed by atoms with Gasteiger partial charge in [0.2, 0.25) is 5.91 Å². The lowest BCUT2D eigenvalue weighted by molar-refractivity contribution is -0.122. The van der Waals surface area contributed by atoms with Crippen LogP contribution in [0.4, 0.5) is 0 Å². The van der Waals surface area contributed by atoms with Crippen molar-refractivity contribution in [3.63, 3.8) is 0 Å². The molecular weight excluding hydrogens is 260 g/mol. The maximum Gasteiger partial charge on any atom is 0.237 e. The number of nitrogens with one attached hydrogen (secondary N) is 1. The van der Waals surface area contributed by atoms with Gasteiger partial charge in [-0.1, -0.05) is 26.2 Å². The summed E-state index contributed by atoms with van der Waals surface area (Å²) in [5.74, 6) is 3.87. The van der Waals surface area contributed by atoms with Crippen molar-refractivity contribution in [3.8, 4) is 6.07 Å². The molecule has 3 nitrogen and oxygen atoms in total. The number of amides is 1. The molecule has 1 aliphatic heterocycles. The van der Waals surface area contributed by atoms with Gasteiger partial charge in [-0.05, 0) is 55.3 Å². The van der Waals surface area contributed by atoms with Gasteiger partial charge in [-0.2, -0.15) is 5.26 Å². The van der Waals surface area contributed by atoms with E-state index in [-0.39, 0.29) is 11.8 Å². The van der Waals surface area contributed by atoms with Crippen LogP contribution in [0, 0.1) is 52.8 Å². The van der Waals surface area contributed by atoms with Crippen LogP contribution in [0.3, 0.4) is 0 Å². The largest absolute Gasteiger partial charge is 0.352 e. The second kappa shape index (κ2) is 5.00. The first-order chi connectivity index (χ1) is 10.3.